The Hall–Kier alpha value is -0.680. The highest BCUT2D eigenvalue weighted by Crippen LogP contribution is 2.22. The van der Waals surface area contributed by atoms with Crippen molar-refractivity contribution in [3.63, 3.8) is 0 Å². The predicted octanol–water partition coefficient (Wildman–Crippen LogP) is 3.30. The van der Waals surface area contributed by atoms with Crippen LogP contribution in [0.3, 0.4) is 0 Å². The molecule has 0 aliphatic heterocycles. The van der Waals surface area contributed by atoms with E-state index >= 15 is 0 Å². The number of allylic oxidation sites excluding steroid dienone is 2. The van der Waals surface area contributed by atoms with Crippen LogP contribution in [-0.2, 0) is 0 Å². The molecule has 6 heteroatoms. The van der Waals surface area contributed by atoms with Crippen LogP contribution in [0.5, 0.6) is 0 Å². The van der Waals surface area contributed by atoms with Gasteiger partial charge in [-0.3, -0.25) is 0 Å². The van der Waals surface area contributed by atoms with E-state index in [2.05, 4.69) is 0 Å². The molecule has 0 saturated heterocycles. The van der Waals surface area contributed by atoms with Crippen LogP contribution in [0.1, 0.15) is 7.43 Å². The van der Waals surface area contributed by atoms with Crippen molar-refractivity contribution >= 4 is 0 Å². The monoisotopic (exact) mass is 180 g/mol. The van der Waals surface area contributed by atoms with Crippen LogP contribution in [0.25, 0.3) is 0 Å². The Bertz CT molecular complexity index is 111. The summed E-state index contributed by atoms with van der Waals surface area (Å²) in [6, 6.07) is 0. The highest BCUT2D eigenvalue weighted by atomic mass is 19.4. The zero-order valence-corrected chi connectivity index (χ0v) is 4.42. The molecule has 0 rings (SSSR count). The summed E-state index contributed by atoms with van der Waals surface area (Å²) in [6.45, 7) is 0. The Labute approximate surface area is 59.5 Å². The van der Waals surface area contributed by atoms with Crippen LogP contribution in [-0.4, -0.2) is 12.4 Å². The van der Waals surface area contributed by atoms with E-state index < -0.39 is 24.5 Å². The van der Waals surface area contributed by atoms with Gasteiger partial charge in [0, 0.05) is 12.2 Å². The summed E-state index contributed by atoms with van der Waals surface area (Å²) in [7, 11) is 0. The first kappa shape index (κ1) is 12.9. The highest BCUT2D eigenvalue weighted by molar-refractivity contribution is 4.93. The molecule has 0 aliphatic carbocycles. The molecule has 0 amide bonds. The molecule has 0 fully saturated rings. The van der Waals surface area contributed by atoms with Crippen LogP contribution < -0.4 is 0 Å². The molecule has 11 heavy (non-hydrogen) atoms. The quantitative estimate of drug-likeness (QED) is 0.396. The maximum absolute atomic E-state index is 11.0. The molecule has 68 valence electrons. The Balaban J connectivity index is 0. The summed E-state index contributed by atoms with van der Waals surface area (Å²) in [5.41, 5.74) is 0. The van der Waals surface area contributed by atoms with Gasteiger partial charge in [-0.1, -0.05) is 7.43 Å². The minimum atomic E-state index is -4.89. The summed E-state index contributed by atoms with van der Waals surface area (Å²) >= 11 is 0. The van der Waals surface area contributed by atoms with Crippen LogP contribution in [0.2, 0.25) is 0 Å². The molecule has 0 aliphatic rings. The van der Waals surface area contributed by atoms with Gasteiger partial charge in [0.05, 0.1) is 0 Å². The van der Waals surface area contributed by atoms with Crippen LogP contribution in [0, 0.1) is 0 Å². The fourth-order valence-electron chi connectivity index (χ4n) is 0.189. The fourth-order valence-corrected chi connectivity index (χ4v) is 0.189. The molecular weight excluding hydrogens is 174 g/mol. The summed E-state index contributed by atoms with van der Waals surface area (Å²) in [5.74, 6) is 0. The normalized spacial score (nSPS) is 13.3. The Kier molecular flexibility index (Phi) is 4.28. The summed E-state index contributed by atoms with van der Waals surface area (Å²) < 4.78 is 66.0. The number of rotatable bonds is 0. The summed E-state index contributed by atoms with van der Waals surface area (Å²) in [5, 5.41) is 0. The topological polar surface area (TPSA) is 0 Å². The van der Waals surface area contributed by atoms with E-state index in [-0.39, 0.29) is 7.43 Å². The van der Waals surface area contributed by atoms with Gasteiger partial charge < -0.3 is 0 Å². The number of hydrogen-bond acceptors (Lipinski definition) is 0. The lowest BCUT2D eigenvalue weighted by atomic mass is 10.5. The predicted molar refractivity (Wildman–Crippen MR) is 28.0 cm³/mol. The first-order chi connectivity index (χ1) is 4.21. The van der Waals surface area contributed by atoms with Gasteiger partial charge in [0.15, 0.2) is 0 Å². The zero-order valence-electron chi connectivity index (χ0n) is 4.42. The zero-order chi connectivity index (χ0) is 8.41. The standard InChI is InChI=1S/C4H2F6.CH4/c5-3(6,7)1-2-4(8,9)10;/h1-2H;1H4/b2-1-;. The van der Waals surface area contributed by atoms with Gasteiger partial charge in [0.25, 0.3) is 0 Å². The highest BCUT2D eigenvalue weighted by Gasteiger charge is 2.29. The first-order valence-electron chi connectivity index (χ1n) is 2.04. The fraction of sp³-hybridized carbons (Fsp3) is 0.600. The van der Waals surface area contributed by atoms with E-state index in [9.17, 15) is 26.3 Å². The maximum atomic E-state index is 11.0. The Morgan fingerprint density at radius 1 is 0.636 bits per heavy atom. The third-order valence-electron chi connectivity index (χ3n) is 0.461. The minimum absolute atomic E-state index is 0. The third kappa shape index (κ3) is 12.5. The molecular formula is C5H6F6. The van der Waals surface area contributed by atoms with Crippen molar-refractivity contribution in [3.8, 4) is 0 Å². The second kappa shape index (κ2) is 3.64. The number of halogens is 6. The van der Waals surface area contributed by atoms with Crippen LogP contribution >= 0.6 is 0 Å². The van der Waals surface area contributed by atoms with Crippen molar-refractivity contribution in [2.75, 3.05) is 0 Å². The Morgan fingerprint density at radius 2 is 0.818 bits per heavy atom. The summed E-state index contributed by atoms with van der Waals surface area (Å²) in [4.78, 5) is 0. The molecule has 0 N–H and O–H groups in total. The largest absolute Gasteiger partial charge is 0.409 e. The second-order valence-corrected chi connectivity index (χ2v) is 1.42. The second-order valence-electron chi connectivity index (χ2n) is 1.42. The molecule has 0 radical (unpaired) electrons. The molecule has 0 atom stereocenters. The molecule has 0 bridgehead atoms. The average Bonchev–Trinajstić information content (AvgIpc) is 1.57. The van der Waals surface area contributed by atoms with Gasteiger partial charge in [-0.05, 0) is 0 Å². The molecule has 0 unspecified atom stereocenters. The van der Waals surface area contributed by atoms with E-state index in [4.69, 9.17) is 0 Å². The molecule has 0 spiro atoms. The van der Waals surface area contributed by atoms with Crippen molar-refractivity contribution in [3.05, 3.63) is 12.2 Å². The lowest BCUT2D eigenvalue weighted by Gasteiger charge is -1.99. The number of hydrogen-bond donors (Lipinski definition) is 0. The van der Waals surface area contributed by atoms with Gasteiger partial charge in [-0.2, -0.15) is 26.3 Å². The molecule has 0 heterocycles. The average molecular weight is 180 g/mol. The van der Waals surface area contributed by atoms with E-state index in [1.54, 1.807) is 0 Å². The molecule has 0 aromatic heterocycles. The van der Waals surface area contributed by atoms with Gasteiger partial charge in [0.1, 0.15) is 0 Å². The third-order valence-corrected chi connectivity index (χ3v) is 0.461. The molecule has 0 nitrogen and oxygen atoms in total. The van der Waals surface area contributed by atoms with Crippen molar-refractivity contribution in [2.45, 2.75) is 19.8 Å². The SMILES string of the molecule is C.FC(F)(F)/C=C\C(F)(F)F. The van der Waals surface area contributed by atoms with Gasteiger partial charge >= 0.3 is 12.4 Å². The van der Waals surface area contributed by atoms with Crippen molar-refractivity contribution < 1.29 is 26.3 Å². The Morgan fingerprint density at radius 3 is 0.909 bits per heavy atom. The molecule has 0 aromatic carbocycles. The summed E-state index contributed by atoms with van der Waals surface area (Å²) in [6.07, 6.45) is -11.5. The van der Waals surface area contributed by atoms with E-state index in [0.717, 1.165) is 0 Å². The van der Waals surface area contributed by atoms with Crippen LogP contribution in [0.4, 0.5) is 26.3 Å². The lowest BCUT2D eigenvalue weighted by Crippen LogP contribution is -2.07. The van der Waals surface area contributed by atoms with Gasteiger partial charge in [-0.15, -0.1) is 0 Å². The minimum Gasteiger partial charge on any atom is -0.167 e. The smallest absolute Gasteiger partial charge is 0.167 e. The van der Waals surface area contributed by atoms with Gasteiger partial charge in [0.2, 0.25) is 0 Å². The molecule has 0 aromatic rings. The van der Waals surface area contributed by atoms with E-state index in [1.165, 1.54) is 0 Å². The van der Waals surface area contributed by atoms with Crippen molar-refractivity contribution in [1.29, 1.82) is 0 Å². The van der Waals surface area contributed by atoms with Gasteiger partial charge in [-0.25, -0.2) is 0 Å². The molecule has 0 saturated carbocycles. The van der Waals surface area contributed by atoms with Crippen LogP contribution in [0.15, 0.2) is 12.2 Å². The lowest BCUT2D eigenvalue weighted by molar-refractivity contribution is -0.0981. The maximum Gasteiger partial charge on any atom is 0.409 e. The van der Waals surface area contributed by atoms with Crippen molar-refractivity contribution in [2.24, 2.45) is 0 Å². The van der Waals surface area contributed by atoms with Crippen molar-refractivity contribution in [1.82, 2.24) is 0 Å². The first-order valence-corrected chi connectivity index (χ1v) is 2.04. The van der Waals surface area contributed by atoms with E-state index in [1.807, 2.05) is 0 Å². The number of alkyl halides is 6. The van der Waals surface area contributed by atoms with E-state index in [0.29, 0.717) is 0 Å².